The predicted molar refractivity (Wildman–Crippen MR) is 134 cm³/mol. The molecule has 0 unspecified atom stereocenters. The van der Waals surface area contributed by atoms with Gasteiger partial charge in [0.1, 0.15) is 0 Å². The van der Waals surface area contributed by atoms with Crippen LogP contribution in [0.5, 0.6) is 0 Å². The molecule has 1 fully saturated rings. The molecule has 2 heterocycles. The van der Waals surface area contributed by atoms with Gasteiger partial charge in [-0.1, -0.05) is 35.9 Å². The van der Waals surface area contributed by atoms with Gasteiger partial charge >= 0.3 is 0 Å². The summed E-state index contributed by atoms with van der Waals surface area (Å²) in [5.41, 5.74) is 8.63. The molecule has 2 aromatic carbocycles. The lowest BCUT2D eigenvalue weighted by Crippen LogP contribution is -2.50. The van der Waals surface area contributed by atoms with Crippen molar-refractivity contribution < 1.29 is 9.59 Å². The number of rotatable bonds is 5. The molecule has 0 radical (unpaired) electrons. The average molecular weight is 493 g/mol. The van der Waals surface area contributed by atoms with Crippen LogP contribution in [0.3, 0.4) is 0 Å². The van der Waals surface area contributed by atoms with Crippen LogP contribution in [0, 0.1) is 0 Å². The van der Waals surface area contributed by atoms with Crippen LogP contribution in [0.1, 0.15) is 52.2 Å². The van der Waals surface area contributed by atoms with E-state index in [9.17, 15) is 9.59 Å². The molecule has 0 bridgehead atoms. The van der Waals surface area contributed by atoms with E-state index in [1.54, 1.807) is 19.2 Å². The van der Waals surface area contributed by atoms with E-state index < -0.39 is 0 Å². The minimum absolute atomic E-state index is 0.0922. The quantitative estimate of drug-likeness (QED) is 0.568. The highest BCUT2D eigenvalue weighted by Crippen LogP contribution is 2.41. The Morgan fingerprint density at radius 1 is 1.11 bits per heavy atom. The Morgan fingerprint density at radius 3 is 2.57 bits per heavy atom. The highest BCUT2D eigenvalue weighted by molar-refractivity contribution is 6.30. The van der Waals surface area contributed by atoms with Crippen molar-refractivity contribution in [2.45, 2.75) is 43.7 Å². The van der Waals surface area contributed by atoms with Crippen molar-refractivity contribution in [3.8, 4) is 11.4 Å². The molecule has 5 rings (SSSR count). The Morgan fingerprint density at radius 2 is 1.86 bits per heavy atom. The fourth-order valence-corrected chi connectivity index (χ4v) is 5.70. The van der Waals surface area contributed by atoms with E-state index in [0.29, 0.717) is 36.8 Å². The molecule has 1 aliphatic heterocycles. The van der Waals surface area contributed by atoms with Gasteiger partial charge in [0.15, 0.2) is 5.82 Å². The maximum absolute atomic E-state index is 13.4. The van der Waals surface area contributed by atoms with Gasteiger partial charge in [0.25, 0.3) is 11.8 Å². The third-order valence-electron chi connectivity index (χ3n) is 7.56. The highest BCUT2D eigenvalue weighted by Gasteiger charge is 2.40. The van der Waals surface area contributed by atoms with Crippen molar-refractivity contribution in [2.75, 3.05) is 20.1 Å². The fourth-order valence-electron chi connectivity index (χ4n) is 5.51. The van der Waals surface area contributed by atoms with Crippen molar-refractivity contribution in [2.24, 2.45) is 5.73 Å². The second-order valence-electron chi connectivity index (χ2n) is 9.38. The summed E-state index contributed by atoms with van der Waals surface area (Å²) in [6, 6.07) is 15.3. The van der Waals surface area contributed by atoms with Crippen LogP contribution in [0.2, 0.25) is 5.02 Å². The maximum Gasteiger partial charge on any atom is 0.292 e. The smallest absolute Gasteiger partial charge is 0.292 e. The number of hydrogen-bond acceptors (Lipinski definition) is 5. The standard InChI is InChI=1S/C26H29ClN6O2/c1-29-24(34)18-5-2-4-17(14-18)22-30-31-23-25(35)32(12-13-33(22)23)21-8-10-26(16-28,11-9-21)19-6-3-7-20(27)15-19/h2-7,14-15,21H,8-13,16,28H2,1H3,(H,29,34). The van der Waals surface area contributed by atoms with E-state index in [1.165, 1.54) is 5.56 Å². The first-order valence-corrected chi connectivity index (χ1v) is 12.4. The van der Waals surface area contributed by atoms with Crippen LogP contribution >= 0.6 is 11.6 Å². The molecular weight excluding hydrogens is 464 g/mol. The first-order chi connectivity index (χ1) is 17.0. The third-order valence-corrected chi connectivity index (χ3v) is 7.79. The normalized spacial score (nSPS) is 22.1. The van der Waals surface area contributed by atoms with Crippen LogP contribution < -0.4 is 11.1 Å². The number of benzene rings is 2. The Hall–Kier alpha value is -3.23. The first-order valence-electron chi connectivity index (χ1n) is 12.0. The van der Waals surface area contributed by atoms with Crippen molar-refractivity contribution in [1.29, 1.82) is 0 Å². The van der Waals surface area contributed by atoms with Gasteiger partial charge in [0.05, 0.1) is 0 Å². The molecule has 35 heavy (non-hydrogen) atoms. The van der Waals surface area contributed by atoms with E-state index >= 15 is 0 Å². The molecule has 2 amide bonds. The molecule has 3 aromatic rings. The van der Waals surface area contributed by atoms with Crippen LogP contribution in [0.15, 0.2) is 48.5 Å². The third kappa shape index (κ3) is 4.21. The van der Waals surface area contributed by atoms with Crippen molar-refractivity contribution in [3.63, 3.8) is 0 Å². The van der Waals surface area contributed by atoms with E-state index in [-0.39, 0.29) is 23.3 Å². The summed E-state index contributed by atoms with van der Waals surface area (Å²) >= 11 is 6.25. The number of amides is 2. The summed E-state index contributed by atoms with van der Waals surface area (Å²) in [7, 11) is 1.60. The monoisotopic (exact) mass is 492 g/mol. The number of nitrogens with one attached hydrogen (secondary N) is 1. The lowest BCUT2D eigenvalue weighted by atomic mass is 9.68. The molecular formula is C26H29ClN6O2. The van der Waals surface area contributed by atoms with E-state index in [1.807, 2.05) is 39.8 Å². The molecule has 1 saturated carbocycles. The van der Waals surface area contributed by atoms with Crippen LogP contribution in [0.25, 0.3) is 11.4 Å². The molecule has 2 aliphatic rings. The molecule has 182 valence electrons. The maximum atomic E-state index is 13.4. The fraction of sp³-hybridized carbons (Fsp3) is 0.385. The van der Waals surface area contributed by atoms with E-state index in [2.05, 4.69) is 21.6 Å². The number of hydrogen-bond donors (Lipinski definition) is 2. The molecule has 0 spiro atoms. The zero-order valence-corrected chi connectivity index (χ0v) is 20.5. The van der Waals surface area contributed by atoms with Crippen LogP contribution in [-0.2, 0) is 12.0 Å². The van der Waals surface area contributed by atoms with Gasteiger partial charge in [-0.2, -0.15) is 0 Å². The van der Waals surface area contributed by atoms with E-state index in [0.717, 1.165) is 36.3 Å². The van der Waals surface area contributed by atoms with Gasteiger partial charge in [-0.05, 0) is 55.5 Å². The molecule has 9 heteroatoms. The van der Waals surface area contributed by atoms with Crippen molar-refractivity contribution >= 4 is 23.4 Å². The molecule has 3 N–H and O–H groups in total. The lowest BCUT2D eigenvalue weighted by Gasteiger charge is -2.44. The summed E-state index contributed by atoms with van der Waals surface area (Å²) in [6.07, 6.45) is 3.57. The van der Waals surface area contributed by atoms with Gasteiger partial charge in [-0.15, -0.1) is 10.2 Å². The molecule has 1 aliphatic carbocycles. The SMILES string of the molecule is CNC(=O)c1cccc(-c2nnc3n2CCN(C2CCC(CN)(c4cccc(Cl)c4)CC2)C3=O)c1. The second-order valence-corrected chi connectivity index (χ2v) is 9.82. The first kappa shape index (κ1) is 23.5. The van der Waals surface area contributed by atoms with Gasteiger partial charge in [-0.25, -0.2) is 0 Å². The molecule has 8 nitrogen and oxygen atoms in total. The topological polar surface area (TPSA) is 106 Å². The Labute approximate surface area is 209 Å². The Balaban J connectivity index is 1.33. The summed E-state index contributed by atoms with van der Waals surface area (Å²) in [4.78, 5) is 27.4. The molecule has 0 saturated heterocycles. The zero-order chi connectivity index (χ0) is 24.6. The van der Waals surface area contributed by atoms with Crippen LogP contribution in [-0.4, -0.2) is 57.7 Å². The Kier molecular flexibility index (Phi) is 6.34. The number of nitrogens with two attached hydrogens (primary N) is 1. The van der Waals surface area contributed by atoms with Crippen molar-refractivity contribution in [1.82, 2.24) is 25.0 Å². The average Bonchev–Trinajstić information content (AvgIpc) is 3.34. The zero-order valence-electron chi connectivity index (χ0n) is 19.7. The second kappa shape index (κ2) is 9.43. The molecule has 0 atom stereocenters. The number of fused-ring (bicyclic) bond motifs is 1. The van der Waals surface area contributed by atoms with Gasteiger partial charge in [0.2, 0.25) is 5.82 Å². The minimum Gasteiger partial charge on any atom is -0.355 e. The van der Waals surface area contributed by atoms with E-state index in [4.69, 9.17) is 17.3 Å². The molecule has 1 aromatic heterocycles. The number of carbonyl (C=O) groups excluding carboxylic acids is 2. The number of carbonyl (C=O) groups is 2. The Bertz CT molecular complexity index is 1260. The van der Waals surface area contributed by atoms with Gasteiger partial charge in [-0.3, -0.25) is 9.59 Å². The minimum atomic E-state index is -0.170. The summed E-state index contributed by atoms with van der Waals surface area (Å²) in [5, 5.41) is 11.9. The number of nitrogens with zero attached hydrogens (tertiary/aromatic N) is 4. The summed E-state index contributed by atoms with van der Waals surface area (Å²) in [5.74, 6) is 0.689. The van der Waals surface area contributed by atoms with Crippen LogP contribution in [0.4, 0.5) is 0 Å². The number of aromatic nitrogens is 3. The predicted octanol–water partition coefficient (Wildman–Crippen LogP) is 3.25. The summed E-state index contributed by atoms with van der Waals surface area (Å²) in [6.45, 7) is 1.77. The van der Waals surface area contributed by atoms with Gasteiger partial charge in [0, 0.05) is 54.3 Å². The lowest BCUT2D eigenvalue weighted by molar-refractivity contribution is 0.0523. The van der Waals surface area contributed by atoms with Gasteiger partial charge < -0.3 is 20.5 Å². The van der Waals surface area contributed by atoms with Crippen molar-refractivity contribution in [3.05, 3.63) is 70.5 Å². The summed E-state index contributed by atoms with van der Waals surface area (Å²) < 4.78 is 1.86. The largest absolute Gasteiger partial charge is 0.355 e. The number of halogens is 1. The highest BCUT2D eigenvalue weighted by atomic mass is 35.5.